The Hall–Kier alpha value is -3.02. The van der Waals surface area contributed by atoms with E-state index in [-0.39, 0.29) is 6.10 Å². The van der Waals surface area contributed by atoms with Crippen molar-refractivity contribution in [2.75, 3.05) is 14.2 Å². The van der Waals surface area contributed by atoms with Crippen molar-refractivity contribution < 1.29 is 18.7 Å². The van der Waals surface area contributed by atoms with Gasteiger partial charge in [0, 0.05) is 5.56 Å². The molecule has 6 heteroatoms. The van der Waals surface area contributed by atoms with E-state index in [0.29, 0.717) is 23.2 Å². The summed E-state index contributed by atoms with van der Waals surface area (Å²) < 4.78 is 21.8. The van der Waals surface area contributed by atoms with Crippen LogP contribution in [0.1, 0.15) is 24.5 Å². The first-order valence-corrected chi connectivity index (χ1v) is 7.90. The molecule has 0 spiro atoms. The summed E-state index contributed by atoms with van der Waals surface area (Å²) in [5.74, 6) is 2.89. The predicted molar refractivity (Wildman–Crippen MR) is 93.1 cm³/mol. The first-order chi connectivity index (χ1) is 12.1. The third-order valence-corrected chi connectivity index (χ3v) is 3.73. The van der Waals surface area contributed by atoms with Gasteiger partial charge in [-0.15, -0.1) is 0 Å². The largest absolute Gasteiger partial charge is 0.493 e. The molecule has 130 valence electrons. The number of aromatic nitrogens is 2. The Labute approximate surface area is 146 Å². The van der Waals surface area contributed by atoms with Crippen LogP contribution in [0.3, 0.4) is 0 Å². The Morgan fingerprint density at radius 3 is 2.52 bits per heavy atom. The van der Waals surface area contributed by atoms with E-state index in [9.17, 15) is 0 Å². The van der Waals surface area contributed by atoms with Crippen LogP contribution in [0.2, 0.25) is 0 Å². The molecule has 25 heavy (non-hydrogen) atoms. The first kappa shape index (κ1) is 16.8. The topological polar surface area (TPSA) is 66.6 Å². The SMILES string of the molecule is COc1ccc(-c2noc([C@@H](C)Oc3cccc(C)c3)n2)cc1OC. The highest BCUT2D eigenvalue weighted by Gasteiger charge is 2.18. The van der Waals surface area contributed by atoms with E-state index >= 15 is 0 Å². The van der Waals surface area contributed by atoms with Crippen LogP contribution in [0.15, 0.2) is 47.0 Å². The minimum Gasteiger partial charge on any atom is -0.493 e. The van der Waals surface area contributed by atoms with Gasteiger partial charge in [-0.2, -0.15) is 4.98 Å². The molecule has 0 saturated heterocycles. The Bertz CT molecular complexity index is 860. The van der Waals surface area contributed by atoms with Gasteiger partial charge in [0.1, 0.15) is 5.75 Å². The second-order valence-corrected chi connectivity index (χ2v) is 5.60. The highest BCUT2D eigenvalue weighted by Crippen LogP contribution is 2.31. The predicted octanol–water partition coefficient (Wildman–Crippen LogP) is 4.20. The fourth-order valence-electron chi connectivity index (χ4n) is 2.44. The molecule has 0 unspecified atom stereocenters. The van der Waals surface area contributed by atoms with Crippen LogP contribution >= 0.6 is 0 Å². The standard InChI is InChI=1S/C19H20N2O4/c1-12-6-5-7-15(10-12)24-13(2)19-20-18(21-25-19)14-8-9-16(22-3)17(11-14)23-4/h5-11,13H,1-4H3/t13-/m1/s1. The summed E-state index contributed by atoms with van der Waals surface area (Å²) in [4.78, 5) is 4.43. The third-order valence-electron chi connectivity index (χ3n) is 3.73. The summed E-state index contributed by atoms with van der Waals surface area (Å²) in [5.41, 5.74) is 1.90. The summed E-state index contributed by atoms with van der Waals surface area (Å²) in [5, 5.41) is 4.04. The van der Waals surface area contributed by atoms with Gasteiger partial charge in [-0.1, -0.05) is 17.3 Å². The van der Waals surface area contributed by atoms with E-state index in [4.69, 9.17) is 18.7 Å². The fraction of sp³-hybridized carbons (Fsp3) is 0.263. The Morgan fingerprint density at radius 2 is 1.80 bits per heavy atom. The minimum absolute atomic E-state index is 0.358. The van der Waals surface area contributed by atoms with Crippen LogP contribution in [-0.2, 0) is 0 Å². The number of aryl methyl sites for hydroxylation is 1. The molecular formula is C19H20N2O4. The van der Waals surface area contributed by atoms with E-state index in [0.717, 1.165) is 16.9 Å². The van der Waals surface area contributed by atoms with Gasteiger partial charge in [0.25, 0.3) is 5.89 Å². The molecule has 0 bridgehead atoms. The molecule has 0 saturated carbocycles. The summed E-state index contributed by atoms with van der Waals surface area (Å²) in [6.45, 7) is 3.88. The molecule has 1 aromatic heterocycles. The molecule has 2 aromatic carbocycles. The maximum atomic E-state index is 5.87. The van der Waals surface area contributed by atoms with Crippen molar-refractivity contribution in [1.82, 2.24) is 10.1 Å². The smallest absolute Gasteiger partial charge is 0.267 e. The molecule has 0 fully saturated rings. The van der Waals surface area contributed by atoms with E-state index in [1.54, 1.807) is 26.4 Å². The van der Waals surface area contributed by atoms with Gasteiger partial charge in [-0.05, 0) is 49.7 Å². The zero-order valence-corrected chi connectivity index (χ0v) is 14.6. The highest BCUT2D eigenvalue weighted by atomic mass is 16.5. The van der Waals surface area contributed by atoms with Gasteiger partial charge < -0.3 is 18.7 Å². The van der Waals surface area contributed by atoms with Gasteiger partial charge in [-0.25, -0.2) is 0 Å². The molecule has 0 amide bonds. The summed E-state index contributed by atoms with van der Waals surface area (Å²) in [6, 6.07) is 13.3. The molecule has 0 radical (unpaired) electrons. The van der Waals surface area contributed by atoms with Crippen molar-refractivity contribution in [2.45, 2.75) is 20.0 Å². The lowest BCUT2D eigenvalue weighted by atomic mass is 10.2. The molecule has 1 atom stereocenters. The monoisotopic (exact) mass is 340 g/mol. The first-order valence-electron chi connectivity index (χ1n) is 7.90. The van der Waals surface area contributed by atoms with Gasteiger partial charge >= 0.3 is 0 Å². The van der Waals surface area contributed by atoms with Crippen molar-refractivity contribution in [3.05, 3.63) is 53.9 Å². The Morgan fingerprint density at radius 1 is 1.00 bits per heavy atom. The zero-order valence-electron chi connectivity index (χ0n) is 14.6. The number of benzene rings is 2. The van der Waals surface area contributed by atoms with Gasteiger partial charge in [0.15, 0.2) is 17.6 Å². The summed E-state index contributed by atoms with van der Waals surface area (Å²) in [6.07, 6.45) is -0.358. The highest BCUT2D eigenvalue weighted by molar-refractivity contribution is 5.60. The lowest BCUT2D eigenvalue weighted by molar-refractivity contribution is 0.175. The van der Waals surface area contributed by atoms with Crippen LogP contribution < -0.4 is 14.2 Å². The van der Waals surface area contributed by atoms with Crippen LogP contribution in [0, 0.1) is 6.92 Å². The number of ether oxygens (including phenoxy) is 3. The van der Waals surface area contributed by atoms with E-state index < -0.39 is 0 Å². The molecule has 3 aromatic rings. The molecule has 3 rings (SSSR count). The van der Waals surface area contributed by atoms with Gasteiger partial charge in [0.2, 0.25) is 5.82 Å². The number of nitrogens with zero attached hydrogens (tertiary/aromatic N) is 2. The Balaban J connectivity index is 1.80. The summed E-state index contributed by atoms with van der Waals surface area (Å²) in [7, 11) is 3.18. The maximum absolute atomic E-state index is 5.87. The molecule has 0 aliphatic carbocycles. The molecule has 6 nitrogen and oxygen atoms in total. The quantitative estimate of drug-likeness (QED) is 0.670. The molecule has 0 aliphatic heterocycles. The van der Waals surface area contributed by atoms with E-state index in [2.05, 4.69) is 10.1 Å². The van der Waals surface area contributed by atoms with E-state index in [1.807, 2.05) is 44.2 Å². The third kappa shape index (κ3) is 3.74. The average Bonchev–Trinajstić information content (AvgIpc) is 3.11. The van der Waals surface area contributed by atoms with Gasteiger partial charge in [-0.3, -0.25) is 0 Å². The maximum Gasteiger partial charge on any atom is 0.267 e. The van der Waals surface area contributed by atoms with Crippen molar-refractivity contribution >= 4 is 0 Å². The molecule has 0 aliphatic rings. The molecular weight excluding hydrogens is 320 g/mol. The van der Waals surface area contributed by atoms with Crippen molar-refractivity contribution in [3.63, 3.8) is 0 Å². The molecule has 0 N–H and O–H groups in total. The number of methoxy groups -OCH3 is 2. The lowest BCUT2D eigenvalue weighted by Crippen LogP contribution is -2.03. The second-order valence-electron chi connectivity index (χ2n) is 5.60. The van der Waals surface area contributed by atoms with Crippen LogP contribution in [0.5, 0.6) is 17.2 Å². The minimum atomic E-state index is -0.358. The van der Waals surface area contributed by atoms with Gasteiger partial charge in [0.05, 0.1) is 14.2 Å². The van der Waals surface area contributed by atoms with Crippen LogP contribution in [0.25, 0.3) is 11.4 Å². The van der Waals surface area contributed by atoms with Crippen molar-refractivity contribution in [3.8, 4) is 28.6 Å². The van der Waals surface area contributed by atoms with Crippen molar-refractivity contribution in [1.29, 1.82) is 0 Å². The number of rotatable bonds is 6. The van der Waals surface area contributed by atoms with Crippen LogP contribution in [0.4, 0.5) is 0 Å². The van der Waals surface area contributed by atoms with E-state index in [1.165, 1.54) is 0 Å². The number of hydrogen-bond donors (Lipinski definition) is 0. The Kier molecular flexibility index (Phi) is 4.88. The van der Waals surface area contributed by atoms with Crippen LogP contribution in [-0.4, -0.2) is 24.4 Å². The molecule has 1 heterocycles. The number of hydrogen-bond acceptors (Lipinski definition) is 6. The second kappa shape index (κ2) is 7.25. The lowest BCUT2D eigenvalue weighted by Gasteiger charge is -2.11. The average molecular weight is 340 g/mol. The van der Waals surface area contributed by atoms with Crippen molar-refractivity contribution in [2.24, 2.45) is 0 Å². The summed E-state index contributed by atoms with van der Waals surface area (Å²) >= 11 is 0. The zero-order chi connectivity index (χ0) is 17.8. The normalized spacial score (nSPS) is 11.8. The fourth-order valence-corrected chi connectivity index (χ4v) is 2.44.